The Hall–Kier alpha value is -2.57. The van der Waals surface area contributed by atoms with Crippen LogP contribution < -0.4 is 0 Å². The lowest BCUT2D eigenvalue weighted by Crippen LogP contribution is -1.92. The number of rotatable bonds is 3. The summed E-state index contributed by atoms with van der Waals surface area (Å²) in [4.78, 5) is 5.02. The van der Waals surface area contributed by atoms with Crippen molar-refractivity contribution >= 4 is 40.1 Å². The molecule has 7 heteroatoms. The highest BCUT2D eigenvalue weighted by atomic mass is 35.5. The second-order valence-corrected chi connectivity index (χ2v) is 6.12. The van der Waals surface area contributed by atoms with E-state index in [1.807, 2.05) is 54.6 Å². The highest BCUT2D eigenvalue weighted by molar-refractivity contribution is 7.17. The minimum absolute atomic E-state index is 0.634. The fourth-order valence-corrected chi connectivity index (χ4v) is 3.06. The number of benzene rings is 1. The fourth-order valence-electron chi connectivity index (χ4n) is 2.13. The molecule has 3 aromatic heterocycles. The van der Waals surface area contributed by atoms with Gasteiger partial charge in [-0.25, -0.2) is 0 Å². The van der Waals surface area contributed by atoms with Crippen molar-refractivity contribution in [3.63, 3.8) is 0 Å². The molecule has 0 bridgehead atoms. The molecular weight excluding hydrogens is 330 g/mol. The predicted octanol–water partition coefficient (Wildman–Crippen LogP) is 4.07. The second kappa shape index (κ2) is 5.91. The largest absolute Gasteiger partial charge is 0.253 e. The minimum atomic E-state index is 0.634. The summed E-state index contributed by atoms with van der Waals surface area (Å²) >= 11 is 7.61. The lowest BCUT2D eigenvalue weighted by molar-refractivity contribution is 0.951. The van der Waals surface area contributed by atoms with Crippen molar-refractivity contribution < 1.29 is 0 Å². The zero-order valence-corrected chi connectivity index (χ0v) is 13.4. The molecule has 5 nitrogen and oxygen atoms in total. The van der Waals surface area contributed by atoms with E-state index in [1.165, 1.54) is 11.3 Å². The number of fused-ring (bicyclic) bond motifs is 1. The van der Waals surface area contributed by atoms with E-state index in [4.69, 9.17) is 11.6 Å². The first-order valence-electron chi connectivity index (χ1n) is 6.87. The van der Waals surface area contributed by atoms with Crippen molar-refractivity contribution in [2.75, 3.05) is 0 Å². The van der Waals surface area contributed by atoms with E-state index in [2.05, 4.69) is 20.3 Å². The Labute approximate surface area is 140 Å². The van der Waals surface area contributed by atoms with Gasteiger partial charge in [-0.05, 0) is 29.8 Å². The third-order valence-corrected chi connectivity index (χ3v) is 4.42. The van der Waals surface area contributed by atoms with Crippen molar-refractivity contribution in [1.29, 1.82) is 0 Å². The van der Waals surface area contributed by atoms with Gasteiger partial charge in [-0.3, -0.25) is 4.98 Å². The first kappa shape index (κ1) is 14.0. The molecule has 4 aromatic rings. The second-order valence-electron chi connectivity index (χ2n) is 4.73. The number of pyridine rings is 1. The zero-order valence-electron chi connectivity index (χ0n) is 11.8. The molecule has 0 N–H and O–H groups in total. The van der Waals surface area contributed by atoms with Crippen molar-refractivity contribution in [2.24, 2.45) is 0 Å². The highest BCUT2D eigenvalue weighted by Gasteiger charge is 2.12. The number of halogens is 1. The Bertz CT molecular complexity index is 990. The molecule has 0 aliphatic heterocycles. The molecule has 4 rings (SSSR count). The normalized spacial score (nSPS) is 11.5. The molecule has 3 heterocycles. The van der Waals surface area contributed by atoms with Crippen LogP contribution in [0, 0.1) is 0 Å². The SMILES string of the molecule is Clc1ccccc1/C=C/c1nn2c(-c3ccccn3)nnc2s1. The molecule has 112 valence electrons. The quantitative estimate of drug-likeness (QED) is 0.564. The summed E-state index contributed by atoms with van der Waals surface area (Å²) in [5.74, 6) is 0.634. The molecule has 0 saturated heterocycles. The zero-order chi connectivity index (χ0) is 15.6. The first-order valence-corrected chi connectivity index (χ1v) is 8.07. The summed E-state index contributed by atoms with van der Waals surface area (Å²) in [6.07, 6.45) is 5.58. The molecule has 0 aliphatic rings. The van der Waals surface area contributed by atoms with Crippen LogP contribution in [0.4, 0.5) is 0 Å². The van der Waals surface area contributed by atoms with E-state index in [-0.39, 0.29) is 0 Å². The van der Waals surface area contributed by atoms with Gasteiger partial charge in [0.2, 0.25) is 10.8 Å². The minimum Gasteiger partial charge on any atom is -0.253 e. The smallest absolute Gasteiger partial charge is 0.235 e. The van der Waals surface area contributed by atoms with Gasteiger partial charge in [-0.2, -0.15) is 9.61 Å². The van der Waals surface area contributed by atoms with E-state index in [9.17, 15) is 0 Å². The van der Waals surface area contributed by atoms with E-state index in [0.29, 0.717) is 10.8 Å². The van der Waals surface area contributed by atoms with Gasteiger partial charge in [-0.1, -0.05) is 53.3 Å². The van der Waals surface area contributed by atoms with Gasteiger partial charge < -0.3 is 0 Å². The molecule has 23 heavy (non-hydrogen) atoms. The van der Waals surface area contributed by atoms with E-state index >= 15 is 0 Å². The van der Waals surface area contributed by atoms with Gasteiger partial charge in [0.15, 0.2) is 0 Å². The summed E-state index contributed by atoms with van der Waals surface area (Å²) in [5, 5.41) is 14.4. The van der Waals surface area contributed by atoms with Crippen LogP contribution in [0.1, 0.15) is 10.6 Å². The van der Waals surface area contributed by atoms with Crippen LogP contribution in [0.2, 0.25) is 5.02 Å². The van der Waals surface area contributed by atoms with Crippen molar-refractivity contribution in [2.45, 2.75) is 0 Å². The van der Waals surface area contributed by atoms with Crippen LogP contribution in [0.15, 0.2) is 48.7 Å². The average molecular weight is 340 g/mol. The summed E-state index contributed by atoms with van der Waals surface area (Å²) in [7, 11) is 0. The Morgan fingerprint density at radius 2 is 1.87 bits per heavy atom. The van der Waals surface area contributed by atoms with Gasteiger partial charge >= 0.3 is 0 Å². The van der Waals surface area contributed by atoms with Gasteiger partial charge in [0.1, 0.15) is 10.7 Å². The third-order valence-electron chi connectivity index (χ3n) is 3.21. The topological polar surface area (TPSA) is 56.0 Å². The Balaban J connectivity index is 1.71. The number of aromatic nitrogens is 5. The molecular formula is C16H10ClN5S. The molecule has 0 spiro atoms. The number of hydrogen-bond acceptors (Lipinski definition) is 5. The lowest BCUT2D eigenvalue weighted by atomic mass is 10.2. The summed E-state index contributed by atoms with van der Waals surface area (Å²) in [6, 6.07) is 13.3. The molecule has 1 aromatic carbocycles. The van der Waals surface area contributed by atoms with E-state index in [0.717, 1.165) is 21.2 Å². The van der Waals surface area contributed by atoms with Crippen LogP contribution in [0.5, 0.6) is 0 Å². The lowest BCUT2D eigenvalue weighted by Gasteiger charge is -1.95. The van der Waals surface area contributed by atoms with Crippen LogP contribution in [-0.2, 0) is 0 Å². The maximum Gasteiger partial charge on any atom is 0.235 e. The van der Waals surface area contributed by atoms with Gasteiger partial charge in [0.25, 0.3) is 0 Å². The van der Waals surface area contributed by atoms with Gasteiger partial charge in [0, 0.05) is 11.2 Å². The van der Waals surface area contributed by atoms with Crippen LogP contribution in [0.25, 0.3) is 28.6 Å². The molecule has 0 unspecified atom stereocenters. The summed E-state index contributed by atoms with van der Waals surface area (Å²) in [6.45, 7) is 0. The molecule has 0 amide bonds. The maximum absolute atomic E-state index is 6.15. The molecule has 0 atom stereocenters. The van der Waals surface area contributed by atoms with E-state index < -0.39 is 0 Å². The maximum atomic E-state index is 6.15. The number of nitrogens with zero attached hydrogens (tertiary/aromatic N) is 5. The summed E-state index contributed by atoms with van der Waals surface area (Å²) in [5.41, 5.74) is 1.69. The first-order chi connectivity index (χ1) is 11.3. The van der Waals surface area contributed by atoms with Gasteiger partial charge in [-0.15, -0.1) is 10.2 Å². The van der Waals surface area contributed by atoms with Crippen LogP contribution in [0.3, 0.4) is 0 Å². The Morgan fingerprint density at radius 1 is 1.00 bits per heavy atom. The molecule has 0 saturated carbocycles. The monoisotopic (exact) mass is 339 g/mol. The highest BCUT2D eigenvalue weighted by Crippen LogP contribution is 2.22. The summed E-state index contributed by atoms with van der Waals surface area (Å²) < 4.78 is 1.71. The van der Waals surface area contributed by atoms with Crippen LogP contribution >= 0.6 is 22.9 Å². The molecule has 0 aliphatic carbocycles. The average Bonchev–Trinajstić information content (AvgIpc) is 3.15. The van der Waals surface area contributed by atoms with Crippen molar-refractivity contribution in [3.05, 3.63) is 64.3 Å². The predicted molar refractivity (Wildman–Crippen MR) is 92.3 cm³/mol. The van der Waals surface area contributed by atoms with Crippen molar-refractivity contribution in [1.82, 2.24) is 24.8 Å². The van der Waals surface area contributed by atoms with Gasteiger partial charge in [0.05, 0.1) is 0 Å². The van der Waals surface area contributed by atoms with E-state index in [1.54, 1.807) is 10.7 Å². The Kier molecular flexibility index (Phi) is 3.61. The Morgan fingerprint density at radius 3 is 2.70 bits per heavy atom. The number of hydrogen-bond donors (Lipinski definition) is 0. The standard InChI is InChI=1S/C16H10ClN5S/c17-12-6-2-1-5-11(12)8-9-14-21-22-15(19-20-16(22)23-14)13-7-3-4-10-18-13/h1-10H/b9-8+. The van der Waals surface area contributed by atoms with Crippen LogP contribution in [-0.4, -0.2) is 24.8 Å². The molecule has 0 fully saturated rings. The molecule has 0 radical (unpaired) electrons. The third kappa shape index (κ3) is 2.74. The van der Waals surface area contributed by atoms with Crippen molar-refractivity contribution in [3.8, 4) is 11.5 Å². The fraction of sp³-hybridized carbons (Fsp3) is 0.